The molecule has 0 saturated carbocycles. The fraction of sp³-hybridized carbons (Fsp3) is 0.179. The van der Waals surface area contributed by atoms with Crippen LogP contribution in [0.2, 0.25) is 0 Å². The Morgan fingerprint density at radius 1 is 0.914 bits per heavy atom. The lowest BCUT2D eigenvalue weighted by molar-refractivity contribution is -0.134. The third-order valence-corrected chi connectivity index (χ3v) is 5.58. The number of nitrogens with zero attached hydrogens (tertiary/aromatic N) is 3. The molecule has 1 aliphatic rings. The molecule has 0 atom stereocenters. The van der Waals surface area contributed by atoms with E-state index < -0.39 is 5.97 Å². The maximum atomic E-state index is 13.7. The Morgan fingerprint density at radius 2 is 1.43 bits per heavy atom. The highest BCUT2D eigenvalue weighted by molar-refractivity contribution is 5.96. The lowest BCUT2D eigenvalue weighted by Crippen LogP contribution is -2.31. The van der Waals surface area contributed by atoms with Gasteiger partial charge in [0.1, 0.15) is 12.4 Å². The third-order valence-electron chi connectivity index (χ3n) is 5.58. The molecule has 7 nitrogen and oxygen atoms in total. The summed E-state index contributed by atoms with van der Waals surface area (Å²) in [6.45, 7) is 2.44. The second-order valence-corrected chi connectivity index (χ2v) is 8.24. The number of amides is 1. The molecule has 1 N–H and O–H groups in total. The summed E-state index contributed by atoms with van der Waals surface area (Å²) < 4.78 is 7.75. The van der Waals surface area contributed by atoms with Crippen molar-refractivity contribution in [2.45, 2.75) is 26.6 Å². The second kappa shape index (κ2) is 10.7. The summed E-state index contributed by atoms with van der Waals surface area (Å²) in [5.74, 6) is -0.102. The van der Waals surface area contributed by atoms with Crippen LogP contribution in [0.4, 0.5) is 0 Å². The normalized spacial score (nSPS) is 11.3. The Labute approximate surface area is 204 Å². The summed E-state index contributed by atoms with van der Waals surface area (Å²) in [5, 5.41) is 12.1. The van der Waals surface area contributed by atoms with Crippen molar-refractivity contribution in [2.75, 3.05) is 0 Å². The fourth-order valence-corrected chi connectivity index (χ4v) is 4.11. The van der Waals surface area contributed by atoms with Crippen molar-refractivity contribution < 1.29 is 19.4 Å². The van der Waals surface area contributed by atoms with Crippen molar-refractivity contribution in [2.24, 2.45) is 7.05 Å². The summed E-state index contributed by atoms with van der Waals surface area (Å²) in [6.07, 6.45) is 0. The first-order chi connectivity index (χ1) is 16.9. The van der Waals surface area contributed by atoms with Crippen molar-refractivity contribution in [1.82, 2.24) is 14.7 Å². The molecule has 5 rings (SSSR count). The van der Waals surface area contributed by atoms with Crippen LogP contribution in [0.3, 0.4) is 0 Å². The molecule has 2 heterocycles. The average Bonchev–Trinajstić information content (AvgIpc) is 3.21. The zero-order chi connectivity index (χ0) is 24.8. The molecule has 0 bridgehead atoms. The van der Waals surface area contributed by atoms with Gasteiger partial charge in [-0.3, -0.25) is 14.3 Å². The number of aliphatic carboxylic acids is 1. The molecule has 0 unspecified atom stereocenters. The summed E-state index contributed by atoms with van der Waals surface area (Å²) in [7, 11) is 1.89. The number of carboxylic acids is 1. The molecule has 1 aromatic heterocycles. The van der Waals surface area contributed by atoms with Crippen LogP contribution >= 0.6 is 0 Å². The third kappa shape index (κ3) is 5.58. The van der Waals surface area contributed by atoms with E-state index in [1.165, 1.54) is 0 Å². The average molecular weight is 470 g/mol. The minimum atomic E-state index is -0.833. The number of fused-ring (bicyclic) bond motifs is 3. The van der Waals surface area contributed by atoms with E-state index in [2.05, 4.69) is 5.10 Å². The molecule has 1 aliphatic heterocycles. The largest absolute Gasteiger partial charge is 0.488 e. The lowest BCUT2D eigenvalue weighted by Gasteiger charge is -2.23. The van der Waals surface area contributed by atoms with Crippen LogP contribution in [0.15, 0.2) is 84.9 Å². The zero-order valence-corrected chi connectivity index (χ0v) is 19.7. The van der Waals surface area contributed by atoms with E-state index >= 15 is 0 Å². The molecule has 35 heavy (non-hydrogen) atoms. The molecule has 178 valence electrons. The van der Waals surface area contributed by atoms with Crippen molar-refractivity contribution in [3.05, 3.63) is 107 Å². The minimum absolute atomic E-state index is 0.0902. The number of hydrogen-bond donors (Lipinski definition) is 1. The number of carbonyl (C=O) groups excluding carboxylic acids is 1. The van der Waals surface area contributed by atoms with E-state index in [-0.39, 0.29) is 5.91 Å². The number of carbonyl (C=O) groups is 2. The standard InChI is InChI=1S/C26H23N3O2.C2H4O2/c1-28-25-21-14-8-9-15-23(21)31-18-22(25)24(27-28)26(30)29(16-19-10-4-2-5-11-19)17-20-12-6-3-7-13-20;1-2(3)4/h2-15H,16-18H2,1H3;1H3,(H,3,4). The van der Waals surface area contributed by atoms with Crippen LogP contribution in [-0.4, -0.2) is 31.7 Å². The van der Waals surface area contributed by atoms with Gasteiger partial charge in [-0.05, 0) is 23.3 Å². The second-order valence-electron chi connectivity index (χ2n) is 8.24. The Balaban J connectivity index is 0.000000672. The Morgan fingerprint density at radius 3 is 2.00 bits per heavy atom. The number of aromatic nitrogens is 2. The van der Waals surface area contributed by atoms with Gasteiger partial charge in [-0.15, -0.1) is 0 Å². The first-order valence-electron chi connectivity index (χ1n) is 11.3. The highest BCUT2D eigenvalue weighted by Crippen LogP contribution is 2.38. The van der Waals surface area contributed by atoms with Gasteiger partial charge in [0.05, 0.1) is 5.69 Å². The maximum absolute atomic E-state index is 13.7. The van der Waals surface area contributed by atoms with Gasteiger partial charge in [0, 0.05) is 38.2 Å². The molecule has 7 heteroatoms. The Kier molecular flexibility index (Phi) is 7.26. The summed E-state index contributed by atoms with van der Waals surface area (Å²) >= 11 is 0. The molecule has 1 amide bonds. The number of aryl methyl sites for hydroxylation is 1. The number of para-hydroxylation sites is 1. The van der Waals surface area contributed by atoms with E-state index in [0.717, 1.165) is 40.6 Å². The van der Waals surface area contributed by atoms with Crippen molar-refractivity contribution in [1.29, 1.82) is 0 Å². The number of benzene rings is 3. The van der Waals surface area contributed by atoms with Gasteiger partial charge in [-0.2, -0.15) is 5.10 Å². The molecule has 0 aliphatic carbocycles. The van der Waals surface area contributed by atoms with Crippen LogP contribution in [-0.2, 0) is 31.5 Å². The molecule has 0 spiro atoms. The number of rotatable bonds is 5. The van der Waals surface area contributed by atoms with Crippen LogP contribution < -0.4 is 4.74 Å². The molecular weight excluding hydrogens is 442 g/mol. The molecular formula is C28H27N3O4. The van der Waals surface area contributed by atoms with Crippen molar-refractivity contribution in [3.63, 3.8) is 0 Å². The first-order valence-corrected chi connectivity index (χ1v) is 11.3. The van der Waals surface area contributed by atoms with Gasteiger partial charge in [-0.25, -0.2) is 0 Å². The molecule has 4 aromatic rings. The molecule has 3 aromatic carbocycles. The van der Waals surface area contributed by atoms with Gasteiger partial charge in [-0.1, -0.05) is 72.8 Å². The van der Waals surface area contributed by atoms with Crippen LogP contribution in [0.25, 0.3) is 11.3 Å². The van der Waals surface area contributed by atoms with Crippen molar-refractivity contribution >= 4 is 11.9 Å². The molecule has 0 saturated heterocycles. The van der Waals surface area contributed by atoms with Gasteiger partial charge in [0.25, 0.3) is 11.9 Å². The Hall–Kier alpha value is -4.39. The summed E-state index contributed by atoms with van der Waals surface area (Å²) in [6, 6.07) is 28.0. The van der Waals surface area contributed by atoms with E-state index in [4.69, 9.17) is 14.6 Å². The highest BCUT2D eigenvalue weighted by atomic mass is 16.5. The summed E-state index contributed by atoms with van der Waals surface area (Å²) in [5.41, 5.74) is 5.38. The van der Waals surface area contributed by atoms with E-state index in [1.807, 2.05) is 96.9 Å². The fourth-order valence-electron chi connectivity index (χ4n) is 4.11. The predicted octanol–water partition coefficient (Wildman–Crippen LogP) is 4.91. The number of carboxylic acid groups (broad SMARTS) is 1. The van der Waals surface area contributed by atoms with Crippen LogP contribution in [0.5, 0.6) is 5.75 Å². The van der Waals surface area contributed by atoms with Gasteiger partial charge in [0.2, 0.25) is 0 Å². The lowest BCUT2D eigenvalue weighted by atomic mass is 10.0. The smallest absolute Gasteiger partial charge is 0.300 e. The Bertz CT molecular complexity index is 1270. The topological polar surface area (TPSA) is 84.7 Å². The van der Waals surface area contributed by atoms with E-state index in [9.17, 15) is 4.79 Å². The maximum Gasteiger partial charge on any atom is 0.300 e. The van der Waals surface area contributed by atoms with Gasteiger partial charge < -0.3 is 14.7 Å². The number of ether oxygens (including phenoxy) is 1. The van der Waals surface area contributed by atoms with Crippen LogP contribution in [0, 0.1) is 0 Å². The SMILES string of the molecule is CC(=O)O.Cn1nc(C(=O)N(Cc2ccccc2)Cc2ccccc2)c2c1-c1ccccc1OC2. The van der Waals surface area contributed by atoms with E-state index in [1.54, 1.807) is 4.68 Å². The molecule has 0 radical (unpaired) electrons. The summed E-state index contributed by atoms with van der Waals surface area (Å²) in [4.78, 5) is 24.6. The minimum Gasteiger partial charge on any atom is -0.488 e. The van der Waals surface area contributed by atoms with Gasteiger partial charge in [0.15, 0.2) is 5.69 Å². The van der Waals surface area contributed by atoms with Crippen LogP contribution in [0.1, 0.15) is 34.1 Å². The quantitative estimate of drug-likeness (QED) is 0.449. The van der Waals surface area contributed by atoms with E-state index in [0.29, 0.717) is 25.4 Å². The molecule has 0 fully saturated rings. The van der Waals surface area contributed by atoms with Crippen molar-refractivity contribution in [3.8, 4) is 17.0 Å². The first kappa shape index (κ1) is 23.8. The highest BCUT2D eigenvalue weighted by Gasteiger charge is 2.30. The zero-order valence-electron chi connectivity index (χ0n) is 19.7. The van der Waals surface area contributed by atoms with Gasteiger partial charge >= 0.3 is 0 Å². The predicted molar refractivity (Wildman–Crippen MR) is 133 cm³/mol. The monoisotopic (exact) mass is 469 g/mol. The number of hydrogen-bond acceptors (Lipinski definition) is 4.